The molecule has 1 aromatic carbocycles. The number of imide groups is 1. The topological polar surface area (TPSA) is 66.5 Å². The van der Waals surface area contributed by atoms with Gasteiger partial charge in [0.05, 0.1) is 17.8 Å². The van der Waals surface area contributed by atoms with Gasteiger partial charge in [-0.2, -0.15) is 0 Å². The number of fused-ring (bicyclic) bond motifs is 1. The minimum Gasteiger partial charge on any atom is -0.326 e. The first kappa shape index (κ1) is 17.4. The Morgan fingerprint density at radius 3 is 2.32 bits per heavy atom. The average Bonchev–Trinajstić information content (AvgIpc) is 2.79. The van der Waals surface area contributed by atoms with Crippen molar-refractivity contribution in [2.24, 2.45) is 23.7 Å². The van der Waals surface area contributed by atoms with Crippen LogP contribution in [0.4, 0.5) is 5.69 Å². The summed E-state index contributed by atoms with van der Waals surface area (Å²) in [5.74, 6) is -2.04. The number of carbonyl (C=O) groups excluding carboxylic acids is 3. The molecule has 0 bridgehead atoms. The molecule has 1 saturated heterocycles. The molecule has 1 aliphatic heterocycles. The van der Waals surface area contributed by atoms with Gasteiger partial charge in [0, 0.05) is 12.7 Å². The van der Waals surface area contributed by atoms with Gasteiger partial charge in [0.25, 0.3) is 0 Å². The lowest BCUT2D eigenvalue weighted by atomic mass is 9.71. The van der Waals surface area contributed by atoms with Crippen molar-refractivity contribution in [3.63, 3.8) is 0 Å². The highest BCUT2D eigenvalue weighted by molar-refractivity contribution is 6.09. The summed E-state index contributed by atoms with van der Waals surface area (Å²) in [5.41, 5.74) is 1.91. The molecule has 1 fully saturated rings. The van der Waals surface area contributed by atoms with Crippen LogP contribution in [0.3, 0.4) is 0 Å². The summed E-state index contributed by atoms with van der Waals surface area (Å²) in [5, 5.41) is 2.92. The Balaban J connectivity index is 1.82. The zero-order valence-electron chi connectivity index (χ0n) is 15.0. The molecule has 4 atom stereocenters. The summed E-state index contributed by atoms with van der Waals surface area (Å²) in [4.78, 5) is 38.7. The molecular formula is C20H24N2O3. The Morgan fingerprint density at radius 1 is 1.08 bits per heavy atom. The molecule has 1 heterocycles. The Labute approximate surface area is 148 Å². The summed E-state index contributed by atoms with van der Waals surface area (Å²) < 4.78 is 0. The molecule has 1 aromatic rings. The zero-order chi connectivity index (χ0) is 18.3. The van der Waals surface area contributed by atoms with Crippen molar-refractivity contribution in [2.45, 2.75) is 26.7 Å². The number of amides is 3. The van der Waals surface area contributed by atoms with Crippen molar-refractivity contribution in [3.8, 4) is 0 Å². The molecule has 0 radical (unpaired) electrons. The molecule has 0 spiro atoms. The largest absolute Gasteiger partial charge is 0.326 e. The lowest BCUT2D eigenvalue weighted by molar-refractivity contribution is -0.140. The van der Waals surface area contributed by atoms with Crippen LogP contribution in [-0.4, -0.2) is 29.7 Å². The van der Waals surface area contributed by atoms with E-state index >= 15 is 0 Å². The van der Waals surface area contributed by atoms with E-state index < -0.39 is 17.8 Å². The molecule has 25 heavy (non-hydrogen) atoms. The van der Waals surface area contributed by atoms with E-state index in [4.69, 9.17) is 0 Å². The molecule has 5 heteroatoms. The Kier molecular flexibility index (Phi) is 4.50. The number of likely N-dealkylation sites (tertiary alicyclic amines) is 1. The van der Waals surface area contributed by atoms with Crippen molar-refractivity contribution < 1.29 is 14.4 Å². The zero-order valence-corrected chi connectivity index (χ0v) is 15.0. The predicted octanol–water partition coefficient (Wildman–Crippen LogP) is 2.80. The fourth-order valence-electron chi connectivity index (χ4n) is 3.76. The van der Waals surface area contributed by atoms with Crippen molar-refractivity contribution in [1.82, 2.24) is 4.90 Å². The van der Waals surface area contributed by atoms with Crippen LogP contribution in [0.2, 0.25) is 0 Å². The van der Waals surface area contributed by atoms with Crippen LogP contribution in [0.5, 0.6) is 0 Å². The van der Waals surface area contributed by atoms with Gasteiger partial charge in [0.15, 0.2) is 0 Å². The third-order valence-electron chi connectivity index (χ3n) is 5.34. The van der Waals surface area contributed by atoms with Gasteiger partial charge in [-0.25, -0.2) is 0 Å². The first-order valence-corrected chi connectivity index (χ1v) is 8.71. The summed E-state index contributed by atoms with van der Waals surface area (Å²) >= 11 is 0. The number of allylic oxidation sites excluding steroid dienone is 1. The van der Waals surface area contributed by atoms with E-state index in [2.05, 4.69) is 19.2 Å². The van der Waals surface area contributed by atoms with E-state index in [1.165, 1.54) is 12.6 Å². The van der Waals surface area contributed by atoms with Crippen LogP contribution >= 0.6 is 0 Å². The highest BCUT2D eigenvalue weighted by Crippen LogP contribution is 2.41. The monoisotopic (exact) mass is 340 g/mol. The molecule has 2 aliphatic rings. The number of benzene rings is 1. The van der Waals surface area contributed by atoms with Crippen LogP contribution in [-0.2, 0) is 14.4 Å². The SMILES string of the molecule is CC(C)c1ccc(NC(=O)[C@H]2[C@@H]3C(=O)N(C)C(=O)[C@@H]3C=C[C@H]2C)cc1. The fourth-order valence-corrected chi connectivity index (χ4v) is 3.76. The minimum absolute atomic E-state index is 0.0977. The van der Waals surface area contributed by atoms with Crippen molar-refractivity contribution in [2.75, 3.05) is 12.4 Å². The summed E-state index contributed by atoms with van der Waals surface area (Å²) in [6, 6.07) is 7.74. The van der Waals surface area contributed by atoms with Gasteiger partial charge in [-0.15, -0.1) is 0 Å². The van der Waals surface area contributed by atoms with Crippen LogP contribution in [0, 0.1) is 23.7 Å². The van der Waals surface area contributed by atoms with Gasteiger partial charge in [-0.05, 0) is 29.5 Å². The third kappa shape index (κ3) is 2.99. The maximum absolute atomic E-state index is 12.9. The number of hydrogen-bond acceptors (Lipinski definition) is 3. The fraction of sp³-hybridized carbons (Fsp3) is 0.450. The predicted molar refractivity (Wildman–Crippen MR) is 95.7 cm³/mol. The van der Waals surface area contributed by atoms with Crippen LogP contribution in [0.15, 0.2) is 36.4 Å². The van der Waals surface area contributed by atoms with E-state index in [1.54, 1.807) is 6.08 Å². The van der Waals surface area contributed by atoms with E-state index in [9.17, 15) is 14.4 Å². The van der Waals surface area contributed by atoms with Crippen molar-refractivity contribution in [3.05, 3.63) is 42.0 Å². The molecule has 0 unspecified atom stereocenters. The summed E-state index contributed by atoms with van der Waals surface area (Å²) in [6.07, 6.45) is 3.65. The van der Waals surface area contributed by atoms with Crippen LogP contribution in [0.25, 0.3) is 0 Å². The maximum Gasteiger partial charge on any atom is 0.236 e. The van der Waals surface area contributed by atoms with Crippen molar-refractivity contribution >= 4 is 23.4 Å². The number of anilines is 1. The highest BCUT2D eigenvalue weighted by Gasteiger charge is 2.53. The molecular weight excluding hydrogens is 316 g/mol. The Morgan fingerprint density at radius 2 is 1.72 bits per heavy atom. The number of carbonyl (C=O) groups is 3. The smallest absolute Gasteiger partial charge is 0.236 e. The third-order valence-corrected chi connectivity index (χ3v) is 5.34. The van der Waals surface area contributed by atoms with Gasteiger partial charge < -0.3 is 5.32 Å². The molecule has 3 rings (SSSR count). The first-order valence-electron chi connectivity index (χ1n) is 8.71. The van der Waals surface area contributed by atoms with E-state index in [1.807, 2.05) is 37.3 Å². The Bertz CT molecular complexity index is 736. The van der Waals surface area contributed by atoms with Crippen molar-refractivity contribution in [1.29, 1.82) is 0 Å². The summed E-state index contributed by atoms with van der Waals surface area (Å²) in [6.45, 7) is 6.14. The summed E-state index contributed by atoms with van der Waals surface area (Å²) in [7, 11) is 1.49. The average molecular weight is 340 g/mol. The molecule has 5 nitrogen and oxygen atoms in total. The molecule has 0 aromatic heterocycles. The molecule has 1 aliphatic carbocycles. The van der Waals surface area contributed by atoms with E-state index in [-0.39, 0.29) is 23.6 Å². The van der Waals surface area contributed by atoms with Gasteiger partial charge in [0.2, 0.25) is 17.7 Å². The van der Waals surface area contributed by atoms with Crippen LogP contribution < -0.4 is 5.32 Å². The lowest BCUT2D eigenvalue weighted by Gasteiger charge is -2.30. The van der Waals surface area contributed by atoms with Gasteiger partial charge in [-0.1, -0.05) is 45.1 Å². The first-order chi connectivity index (χ1) is 11.8. The van der Waals surface area contributed by atoms with E-state index in [0.717, 1.165) is 4.90 Å². The maximum atomic E-state index is 12.9. The van der Waals surface area contributed by atoms with Crippen LogP contribution in [0.1, 0.15) is 32.3 Å². The molecule has 132 valence electrons. The molecule has 1 N–H and O–H groups in total. The van der Waals surface area contributed by atoms with Gasteiger partial charge in [0.1, 0.15) is 0 Å². The molecule has 3 amide bonds. The number of rotatable bonds is 3. The quantitative estimate of drug-likeness (QED) is 0.680. The number of nitrogens with zero attached hydrogens (tertiary/aromatic N) is 1. The van der Waals surface area contributed by atoms with Gasteiger partial charge >= 0.3 is 0 Å². The van der Waals surface area contributed by atoms with Gasteiger partial charge in [-0.3, -0.25) is 19.3 Å². The Hall–Kier alpha value is -2.43. The molecule has 0 saturated carbocycles. The highest BCUT2D eigenvalue weighted by atomic mass is 16.2. The minimum atomic E-state index is -0.604. The second-order valence-electron chi connectivity index (χ2n) is 7.32. The lowest BCUT2D eigenvalue weighted by Crippen LogP contribution is -2.41. The standard InChI is InChI=1S/C20H24N2O3/c1-11(2)13-6-8-14(9-7-13)21-18(23)16-12(3)5-10-15-17(16)20(25)22(4)19(15)24/h5-12,15-17H,1-4H3,(H,21,23)/t12-,15-,16-,17-/m1/s1. The number of nitrogens with one attached hydrogen (secondary N) is 1. The number of hydrogen-bond donors (Lipinski definition) is 1. The second kappa shape index (κ2) is 6.47. The van der Waals surface area contributed by atoms with E-state index in [0.29, 0.717) is 11.6 Å². The normalized spacial score (nSPS) is 28.4. The second-order valence-corrected chi connectivity index (χ2v) is 7.32.